The van der Waals surface area contributed by atoms with Crippen LogP contribution < -0.4 is 5.32 Å². The van der Waals surface area contributed by atoms with Crippen LogP contribution in [0.1, 0.15) is 58.8 Å². The molecule has 1 saturated carbocycles. The summed E-state index contributed by atoms with van der Waals surface area (Å²) < 4.78 is 0.112. The Labute approximate surface area is 121 Å². The van der Waals surface area contributed by atoms with Gasteiger partial charge in [-0.1, -0.05) is 33.1 Å². The number of rotatable bonds is 6. The van der Waals surface area contributed by atoms with E-state index in [2.05, 4.69) is 31.5 Å². The molecular formula is C15H26N2OS. The van der Waals surface area contributed by atoms with E-state index in [0.717, 1.165) is 44.9 Å². The summed E-state index contributed by atoms with van der Waals surface area (Å²) in [6, 6.07) is 2.29. The van der Waals surface area contributed by atoms with Crippen LogP contribution in [0.3, 0.4) is 0 Å². The van der Waals surface area contributed by atoms with Crippen LogP contribution in [0.25, 0.3) is 0 Å². The molecule has 108 valence electrons. The number of amides is 1. The van der Waals surface area contributed by atoms with Crippen molar-refractivity contribution in [2.45, 2.75) is 63.5 Å². The zero-order chi connectivity index (χ0) is 14.4. The third kappa shape index (κ3) is 3.66. The summed E-state index contributed by atoms with van der Waals surface area (Å²) in [5.74, 6) is -0.0463. The van der Waals surface area contributed by atoms with Crippen LogP contribution in [-0.4, -0.2) is 23.5 Å². The molecule has 0 aromatic heterocycles. The largest absolute Gasteiger partial charge is 0.353 e. The normalized spacial score (nSPS) is 18.6. The minimum absolute atomic E-state index is 0.0463. The van der Waals surface area contributed by atoms with Crippen LogP contribution in [0.5, 0.6) is 0 Å². The molecule has 0 atom stereocenters. The lowest BCUT2D eigenvalue weighted by molar-refractivity contribution is -0.129. The van der Waals surface area contributed by atoms with E-state index in [0.29, 0.717) is 6.54 Å². The highest BCUT2D eigenvalue weighted by Gasteiger charge is 2.40. The van der Waals surface area contributed by atoms with Crippen molar-refractivity contribution in [3.63, 3.8) is 0 Å². The van der Waals surface area contributed by atoms with E-state index < -0.39 is 5.41 Å². The van der Waals surface area contributed by atoms with Crippen molar-refractivity contribution in [1.29, 1.82) is 5.26 Å². The van der Waals surface area contributed by atoms with Crippen molar-refractivity contribution >= 4 is 17.7 Å². The molecule has 0 radical (unpaired) electrons. The second kappa shape index (κ2) is 7.19. The highest BCUT2D eigenvalue weighted by molar-refractivity contribution is 8.00. The highest BCUT2D eigenvalue weighted by Crippen LogP contribution is 2.36. The Morgan fingerprint density at radius 2 is 1.89 bits per heavy atom. The monoisotopic (exact) mass is 282 g/mol. The summed E-state index contributed by atoms with van der Waals surface area (Å²) in [7, 11) is 0. The number of hydrogen-bond acceptors (Lipinski definition) is 3. The van der Waals surface area contributed by atoms with Gasteiger partial charge in [-0.25, -0.2) is 0 Å². The van der Waals surface area contributed by atoms with Crippen LogP contribution in [0.2, 0.25) is 0 Å². The van der Waals surface area contributed by atoms with Gasteiger partial charge in [0.25, 0.3) is 0 Å². The number of carbonyl (C=O) groups excluding carboxylic acids is 1. The fourth-order valence-electron chi connectivity index (χ4n) is 2.82. The van der Waals surface area contributed by atoms with Crippen molar-refractivity contribution in [1.82, 2.24) is 5.32 Å². The van der Waals surface area contributed by atoms with Crippen LogP contribution >= 0.6 is 11.8 Å². The predicted molar refractivity (Wildman–Crippen MR) is 81.0 cm³/mol. The first-order chi connectivity index (χ1) is 9.08. The standard InChI is InChI=1S/C15H26N2OS/c1-4-15(5-2,19-3)12-17-13(18)14(11-16)9-7-6-8-10-14/h4-10,12H2,1-3H3,(H,17,18). The summed E-state index contributed by atoms with van der Waals surface area (Å²) in [6.07, 6.45) is 8.75. The Morgan fingerprint density at radius 3 is 2.32 bits per heavy atom. The molecule has 3 nitrogen and oxygen atoms in total. The number of nitrogens with zero attached hydrogens (tertiary/aromatic N) is 1. The lowest BCUT2D eigenvalue weighted by Gasteiger charge is -2.33. The van der Waals surface area contributed by atoms with E-state index in [1.165, 1.54) is 0 Å². The molecule has 0 spiro atoms. The lowest BCUT2D eigenvalue weighted by Crippen LogP contribution is -2.47. The van der Waals surface area contributed by atoms with Gasteiger partial charge in [0.1, 0.15) is 5.41 Å². The quantitative estimate of drug-likeness (QED) is 0.811. The Balaban J connectivity index is 2.66. The highest BCUT2D eigenvalue weighted by atomic mass is 32.2. The summed E-state index contributed by atoms with van der Waals surface area (Å²) >= 11 is 1.81. The molecule has 4 heteroatoms. The van der Waals surface area contributed by atoms with E-state index >= 15 is 0 Å². The van der Waals surface area contributed by atoms with Gasteiger partial charge in [-0.05, 0) is 31.9 Å². The molecule has 0 bridgehead atoms. The van der Waals surface area contributed by atoms with Crippen molar-refractivity contribution in [2.24, 2.45) is 5.41 Å². The van der Waals surface area contributed by atoms with Gasteiger partial charge in [0.2, 0.25) is 5.91 Å². The fraction of sp³-hybridized carbons (Fsp3) is 0.867. The number of thioether (sulfide) groups is 1. The summed E-state index contributed by atoms with van der Waals surface area (Å²) in [5, 5.41) is 12.5. The SMILES string of the molecule is CCC(CC)(CNC(=O)C1(C#N)CCCCC1)SC. The van der Waals surface area contributed by atoms with E-state index in [1.54, 1.807) is 0 Å². The molecule has 19 heavy (non-hydrogen) atoms. The molecular weight excluding hydrogens is 256 g/mol. The van der Waals surface area contributed by atoms with E-state index in [4.69, 9.17) is 0 Å². The topological polar surface area (TPSA) is 52.9 Å². The van der Waals surface area contributed by atoms with Gasteiger partial charge in [-0.2, -0.15) is 17.0 Å². The maximum Gasteiger partial charge on any atom is 0.240 e. The van der Waals surface area contributed by atoms with Gasteiger partial charge < -0.3 is 5.32 Å². The van der Waals surface area contributed by atoms with Crippen LogP contribution in [0.4, 0.5) is 0 Å². The molecule has 0 saturated heterocycles. The second-order valence-corrected chi connectivity index (χ2v) is 6.81. The first-order valence-electron chi connectivity index (χ1n) is 7.33. The smallest absolute Gasteiger partial charge is 0.240 e. The van der Waals surface area contributed by atoms with Crippen molar-refractivity contribution in [3.05, 3.63) is 0 Å². The molecule has 0 unspecified atom stereocenters. The minimum Gasteiger partial charge on any atom is -0.353 e. The molecule has 0 heterocycles. The van der Waals surface area contributed by atoms with Gasteiger partial charge in [0, 0.05) is 11.3 Å². The Bertz CT molecular complexity index is 330. The number of nitriles is 1. The minimum atomic E-state index is -0.760. The summed E-state index contributed by atoms with van der Waals surface area (Å²) in [6.45, 7) is 4.99. The molecule has 1 aliphatic carbocycles. The van der Waals surface area contributed by atoms with E-state index in [9.17, 15) is 10.1 Å². The molecule has 0 aromatic rings. The molecule has 1 amide bonds. The first kappa shape index (κ1) is 16.4. The summed E-state index contributed by atoms with van der Waals surface area (Å²) in [4.78, 5) is 12.4. The molecule has 0 aliphatic heterocycles. The third-order valence-electron chi connectivity index (χ3n) is 4.65. The average molecular weight is 282 g/mol. The maximum atomic E-state index is 12.4. The van der Waals surface area contributed by atoms with Crippen molar-refractivity contribution in [3.8, 4) is 6.07 Å². The fourth-order valence-corrected chi connectivity index (χ4v) is 3.61. The Kier molecular flexibility index (Phi) is 6.19. The van der Waals surface area contributed by atoms with Gasteiger partial charge in [0.15, 0.2) is 0 Å². The zero-order valence-corrected chi connectivity index (χ0v) is 13.2. The molecule has 1 N–H and O–H groups in total. The van der Waals surface area contributed by atoms with Gasteiger partial charge in [-0.15, -0.1) is 0 Å². The lowest BCUT2D eigenvalue weighted by atomic mass is 9.74. The van der Waals surface area contributed by atoms with Crippen molar-refractivity contribution < 1.29 is 4.79 Å². The van der Waals surface area contributed by atoms with Gasteiger partial charge in [-0.3, -0.25) is 4.79 Å². The maximum absolute atomic E-state index is 12.4. The number of carbonyl (C=O) groups is 1. The average Bonchev–Trinajstić information content (AvgIpc) is 2.49. The van der Waals surface area contributed by atoms with Crippen LogP contribution in [-0.2, 0) is 4.79 Å². The first-order valence-corrected chi connectivity index (χ1v) is 8.55. The molecule has 1 aliphatic rings. The third-order valence-corrected chi connectivity index (χ3v) is 6.24. The second-order valence-electron chi connectivity index (χ2n) is 5.53. The Morgan fingerprint density at radius 1 is 1.32 bits per heavy atom. The molecule has 0 aromatic carbocycles. The number of hydrogen-bond donors (Lipinski definition) is 1. The molecule has 1 rings (SSSR count). The van der Waals surface area contributed by atoms with E-state index in [-0.39, 0.29) is 10.7 Å². The van der Waals surface area contributed by atoms with Gasteiger partial charge >= 0.3 is 0 Å². The molecule has 1 fully saturated rings. The summed E-state index contributed by atoms with van der Waals surface area (Å²) in [5.41, 5.74) is -0.760. The van der Waals surface area contributed by atoms with Gasteiger partial charge in [0.05, 0.1) is 6.07 Å². The Hall–Kier alpha value is -0.690. The van der Waals surface area contributed by atoms with Crippen LogP contribution in [0, 0.1) is 16.7 Å². The van der Waals surface area contributed by atoms with E-state index in [1.807, 2.05) is 11.8 Å². The van der Waals surface area contributed by atoms with Crippen molar-refractivity contribution in [2.75, 3.05) is 12.8 Å². The zero-order valence-electron chi connectivity index (χ0n) is 12.4. The van der Waals surface area contributed by atoms with Crippen LogP contribution in [0.15, 0.2) is 0 Å². The number of nitrogens with one attached hydrogen (secondary N) is 1. The predicted octanol–water partition coefficient (Wildman–Crippen LogP) is 3.50.